The van der Waals surface area contributed by atoms with Gasteiger partial charge in [0.05, 0.1) is 11.1 Å². The highest BCUT2D eigenvalue weighted by atomic mass is 17.2. The van der Waals surface area contributed by atoms with Gasteiger partial charge < -0.3 is 9.47 Å². The zero-order valence-corrected chi connectivity index (χ0v) is 30.8. The first-order chi connectivity index (χ1) is 23.1. The smallest absolute Gasteiger partial charge is 0.428 e. The summed E-state index contributed by atoms with van der Waals surface area (Å²) in [6.07, 6.45) is 5.01. The van der Waals surface area contributed by atoms with Crippen molar-refractivity contribution in [1.82, 2.24) is 0 Å². The van der Waals surface area contributed by atoms with E-state index in [9.17, 15) is 19.2 Å². The van der Waals surface area contributed by atoms with Crippen LogP contribution >= 0.6 is 0 Å². The summed E-state index contributed by atoms with van der Waals surface area (Å²) in [5, 5.41) is 0. The highest BCUT2D eigenvalue weighted by Crippen LogP contribution is 2.37. The van der Waals surface area contributed by atoms with Crippen LogP contribution in [0.25, 0.3) is 0 Å². The summed E-state index contributed by atoms with van der Waals surface area (Å²) in [5.74, 6) is -0.396. The minimum absolute atomic E-state index is 0.286. The van der Waals surface area contributed by atoms with E-state index in [-0.39, 0.29) is 12.2 Å². The lowest BCUT2D eigenvalue weighted by atomic mass is 9.76. The summed E-state index contributed by atoms with van der Waals surface area (Å²) in [7, 11) is 0. The van der Waals surface area contributed by atoms with Crippen LogP contribution in [0.5, 0.6) is 0 Å². The molecule has 0 radical (unpaired) electrons. The van der Waals surface area contributed by atoms with Crippen molar-refractivity contribution >= 4 is 24.2 Å². The van der Waals surface area contributed by atoms with Crippen LogP contribution in [-0.4, -0.2) is 36.5 Å². The van der Waals surface area contributed by atoms with Crippen molar-refractivity contribution in [2.75, 3.05) is 0 Å². The first-order valence-electron chi connectivity index (χ1n) is 17.4. The van der Waals surface area contributed by atoms with Gasteiger partial charge in [-0.25, -0.2) is 29.1 Å². The van der Waals surface area contributed by atoms with Crippen LogP contribution in [0.3, 0.4) is 0 Å². The van der Waals surface area contributed by atoms with E-state index in [0.29, 0.717) is 48.6 Å². The van der Waals surface area contributed by atoms with E-state index < -0.39 is 24.2 Å². The van der Waals surface area contributed by atoms with Crippen LogP contribution in [0, 0.1) is 81.1 Å². The predicted molar refractivity (Wildman–Crippen MR) is 182 cm³/mol. The van der Waals surface area contributed by atoms with E-state index in [1.54, 1.807) is 0 Å². The summed E-state index contributed by atoms with van der Waals surface area (Å²) in [4.78, 5) is 69.4. The van der Waals surface area contributed by atoms with Crippen molar-refractivity contribution in [3.8, 4) is 0 Å². The van der Waals surface area contributed by atoms with Gasteiger partial charge in [-0.1, -0.05) is 0 Å². The normalized spacial score (nSPS) is 20.6. The zero-order chi connectivity index (χ0) is 36.2. The summed E-state index contributed by atoms with van der Waals surface area (Å²) in [5.41, 5.74) is 10.3. The molecule has 0 aromatic heterocycles. The van der Waals surface area contributed by atoms with Gasteiger partial charge in [0.1, 0.15) is 12.2 Å². The molecule has 0 heterocycles. The molecule has 268 valence electrons. The molecule has 49 heavy (non-hydrogen) atoms. The lowest BCUT2D eigenvalue weighted by Crippen LogP contribution is -2.29. The monoisotopic (exact) mass is 680 g/mol. The number of hydrogen-bond donors (Lipinski definition) is 0. The van der Waals surface area contributed by atoms with E-state index >= 15 is 0 Å². The van der Waals surface area contributed by atoms with Crippen LogP contribution < -0.4 is 0 Å². The molecule has 2 aliphatic carbocycles. The largest absolute Gasteiger partial charge is 0.550 e. The number of rotatable bonds is 6. The highest BCUT2D eigenvalue weighted by Gasteiger charge is 2.31. The average Bonchev–Trinajstić information content (AvgIpc) is 3.08. The fourth-order valence-electron chi connectivity index (χ4n) is 7.59. The Hall–Kier alpha value is -4.08. The van der Waals surface area contributed by atoms with Gasteiger partial charge in [0.2, 0.25) is 0 Å². The Bertz CT molecular complexity index is 1410. The summed E-state index contributed by atoms with van der Waals surface area (Å²) in [6, 6.07) is 0. The van der Waals surface area contributed by atoms with Gasteiger partial charge in [-0.3, -0.25) is 0 Å². The van der Waals surface area contributed by atoms with Gasteiger partial charge in [-0.2, -0.15) is 9.59 Å². The van der Waals surface area contributed by atoms with E-state index in [4.69, 9.17) is 29.0 Å². The Morgan fingerprint density at radius 2 is 0.673 bits per heavy atom. The first-order valence-corrected chi connectivity index (χ1v) is 17.4. The number of carbonyl (C=O) groups is 4. The molecule has 0 bridgehead atoms. The molecule has 2 fully saturated rings. The molecule has 10 heteroatoms. The van der Waals surface area contributed by atoms with E-state index in [0.717, 1.165) is 87.7 Å². The molecule has 2 aromatic rings. The molecule has 10 nitrogen and oxygen atoms in total. The first kappa shape index (κ1) is 37.7. The molecule has 4 rings (SSSR count). The molecule has 2 saturated carbocycles. The van der Waals surface area contributed by atoms with Crippen LogP contribution in [0.4, 0.5) is 9.59 Å². The number of ether oxygens (including phenoxy) is 2. The third-order valence-electron chi connectivity index (χ3n) is 11.6. The number of hydrogen-bond acceptors (Lipinski definition) is 10. The molecule has 0 atom stereocenters. The molecular formula is C39H52O10. The second-order valence-electron chi connectivity index (χ2n) is 14.2. The molecule has 2 aliphatic rings. The van der Waals surface area contributed by atoms with Gasteiger partial charge in [-0.05, 0) is 194 Å². The van der Waals surface area contributed by atoms with Crippen LogP contribution in [0.2, 0.25) is 0 Å². The molecular weight excluding hydrogens is 628 g/mol. The zero-order valence-electron chi connectivity index (χ0n) is 30.8. The van der Waals surface area contributed by atoms with Crippen molar-refractivity contribution in [2.24, 2.45) is 11.8 Å². The van der Waals surface area contributed by atoms with Crippen molar-refractivity contribution < 1.29 is 48.2 Å². The second-order valence-corrected chi connectivity index (χ2v) is 14.2. The fourth-order valence-corrected chi connectivity index (χ4v) is 7.59. The molecule has 0 aliphatic heterocycles. The average molecular weight is 681 g/mol. The van der Waals surface area contributed by atoms with Crippen LogP contribution in [-0.2, 0) is 29.0 Å². The van der Waals surface area contributed by atoms with Gasteiger partial charge >= 0.3 is 24.2 Å². The Kier molecular flexibility index (Phi) is 12.4. The quantitative estimate of drug-likeness (QED) is 0.166. The van der Waals surface area contributed by atoms with Crippen molar-refractivity contribution in [2.45, 2.75) is 139 Å². The maximum atomic E-state index is 12.8. The Morgan fingerprint density at radius 3 is 0.959 bits per heavy atom. The second kappa shape index (κ2) is 16.1. The molecule has 0 saturated heterocycles. The predicted octanol–water partition coefficient (Wildman–Crippen LogP) is 9.43. The van der Waals surface area contributed by atoms with Crippen molar-refractivity contribution in [3.05, 3.63) is 66.8 Å². The standard InChI is InChI=1S/C39H52O10/c1-20-22(3)26(7)34(27(8)23(20)4)36(40)46-48-38(42)44-32-15-11-30(12-16-32)19-31-13-17-33(18-14-31)45-39(43)49-47-37(41)35-28(9)24(5)21(2)25(6)29(35)10/h30-33H,11-19H2,1-10H3. The molecule has 2 aromatic carbocycles. The summed E-state index contributed by atoms with van der Waals surface area (Å²) >= 11 is 0. The molecule has 0 N–H and O–H groups in total. The van der Waals surface area contributed by atoms with Gasteiger partial charge in [0, 0.05) is 0 Å². The van der Waals surface area contributed by atoms with Crippen LogP contribution in [0.1, 0.15) is 134 Å². The summed E-state index contributed by atoms with van der Waals surface area (Å²) in [6.45, 7) is 19.3. The van der Waals surface area contributed by atoms with Crippen LogP contribution in [0.15, 0.2) is 0 Å². The van der Waals surface area contributed by atoms with Gasteiger partial charge in [-0.15, -0.1) is 0 Å². The Balaban J connectivity index is 1.13. The third kappa shape index (κ3) is 8.75. The van der Waals surface area contributed by atoms with E-state index in [1.807, 2.05) is 69.2 Å². The highest BCUT2D eigenvalue weighted by molar-refractivity contribution is 5.94. The maximum Gasteiger partial charge on any atom is 0.550 e. The lowest BCUT2D eigenvalue weighted by Gasteiger charge is -2.33. The Labute approximate surface area is 290 Å². The summed E-state index contributed by atoms with van der Waals surface area (Å²) < 4.78 is 10.9. The topological polar surface area (TPSA) is 124 Å². The SMILES string of the molecule is Cc1c(C)c(C)c(C(=O)OOC(=O)OC2CCC(CC3CCC(OC(=O)OOC(=O)c4c(C)c(C)c(C)c(C)c4C)CC3)CC2)c(C)c1C. The third-order valence-corrected chi connectivity index (χ3v) is 11.6. The molecule has 0 spiro atoms. The molecule has 0 unspecified atom stereocenters. The maximum absolute atomic E-state index is 12.8. The van der Waals surface area contributed by atoms with Gasteiger partial charge in [0.15, 0.2) is 0 Å². The lowest BCUT2D eigenvalue weighted by molar-refractivity contribution is -0.208. The van der Waals surface area contributed by atoms with E-state index in [2.05, 4.69) is 0 Å². The van der Waals surface area contributed by atoms with E-state index in [1.165, 1.54) is 0 Å². The minimum Gasteiger partial charge on any atom is -0.428 e. The Morgan fingerprint density at radius 1 is 0.408 bits per heavy atom. The van der Waals surface area contributed by atoms with Gasteiger partial charge in [0.25, 0.3) is 0 Å². The fraction of sp³-hybridized carbons (Fsp3) is 0.590. The molecule has 0 amide bonds. The number of carbonyl (C=O) groups excluding carboxylic acids is 4. The number of benzene rings is 2. The van der Waals surface area contributed by atoms with Crippen molar-refractivity contribution in [3.63, 3.8) is 0 Å². The minimum atomic E-state index is -1.01. The van der Waals surface area contributed by atoms with Crippen molar-refractivity contribution in [1.29, 1.82) is 0 Å².